The quantitative estimate of drug-likeness (QED) is 0.216. The van der Waals surface area contributed by atoms with Gasteiger partial charge < -0.3 is 9.84 Å². The van der Waals surface area contributed by atoms with Gasteiger partial charge in [-0.2, -0.15) is 8.42 Å². The average molecular weight is 471 g/mol. The fraction of sp³-hybridized carbons (Fsp3) is 0.720. The molecule has 0 saturated carbocycles. The maximum Gasteiger partial charge on any atom is 0.338 e. The van der Waals surface area contributed by atoms with Crippen molar-refractivity contribution in [2.45, 2.75) is 104 Å². The number of ether oxygens (including phenoxy) is 1. The van der Waals surface area contributed by atoms with Gasteiger partial charge in [0.2, 0.25) is 0 Å². The van der Waals surface area contributed by atoms with E-state index >= 15 is 0 Å². The molecule has 0 radical (unpaired) electrons. The Morgan fingerprint density at radius 3 is 1.62 bits per heavy atom. The second-order valence-electron chi connectivity index (χ2n) is 10.7. The summed E-state index contributed by atoms with van der Waals surface area (Å²) >= 11 is 0. The van der Waals surface area contributed by atoms with E-state index in [-0.39, 0.29) is 28.3 Å². The highest BCUT2D eigenvalue weighted by molar-refractivity contribution is 7.85. The molecule has 0 saturated heterocycles. The lowest BCUT2D eigenvalue weighted by atomic mass is 9.78. The standard InChI is InChI=1S/C25H42O6S/c1-24(2,3)20-17-19(18-21(22(20)26)25(4,5)6)23(27)31-15-13-11-9-7-8-10-12-14-16-32(28,29)30/h17-18,26H,7-16H2,1-6H3,(H,28,29,30). The van der Waals surface area contributed by atoms with E-state index in [1.165, 1.54) is 0 Å². The number of phenols is 1. The van der Waals surface area contributed by atoms with Gasteiger partial charge in [0.1, 0.15) is 5.75 Å². The second kappa shape index (κ2) is 12.0. The Morgan fingerprint density at radius 2 is 1.22 bits per heavy atom. The first-order chi connectivity index (χ1) is 14.6. The summed E-state index contributed by atoms with van der Waals surface area (Å²) in [7, 11) is -3.83. The number of unbranched alkanes of at least 4 members (excludes halogenated alkanes) is 7. The summed E-state index contributed by atoms with van der Waals surface area (Å²) in [6, 6.07) is 3.49. The van der Waals surface area contributed by atoms with Crippen LogP contribution in [0.5, 0.6) is 5.75 Å². The zero-order valence-corrected chi connectivity index (χ0v) is 21.5. The van der Waals surface area contributed by atoms with Crippen LogP contribution in [0.15, 0.2) is 12.1 Å². The molecular formula is C25H42O6S. The van der Waals surface area contributed by atoms with Crippen LogP contribution in [-0.4, -0.2) is 36.4 Å². The summed E-state index contributed by atoms with van der Waals surface area (Å²) in [6.07, 6.45) is 7.15. The minimum absolute atomic E-state index is 0.159. The molecule has 7 heteroatoms. The van der Waals surface area contributed by atoms with Gasteiger partial charge in [-0.15, -0.1) is 0 Å². The minimum Gasteiger partial charge on any atom is -0.507 e. The number of benzene rings is 1. The van der Waals surface area contributed by atoms with Crippen molar-refractivity contribution in [3.63, 3.8) is 0 Å². The molecule has 0 aliphatic rings. The number of esters is 1. The van der Waals surface area contributed by atoms with E-state index in [9.17, 15) is 18.3 Å². The Labute approximate surface area is 194 Å². The first-order valence-corrected chi connectivity index (χ1v) is 13.2. The van der Waals surface area contributed by atoms with Gasteiger partial charge >= 0.3 is 5.97 Å². The fourth-order valence-electron chi connectivity index (χ4n) is 3.59. The molecule has 0 aliphatic heterocycles. The number of hydrogen-bond donors (Lipinski definition) is 2. The molecule has 0 aliphatic carbocycles. The molecule has 0 heterocycles. The smallest absolute Gasteiger partial charge is 0.338 e. The topological polar surface area (TPSA) is 101 Å². The molecule has 0 aromatic heterocycles. The Balaban J connectivity index is 2.45. The van der Waals surface area contributed by atoms with E-state index in [2.05, 4.69) is 0 Å². The third kappa shape index (κ3) is 10.3. The Morgan fingerprint density at radius 1 is 0.812 bits per heavy atom. The highest BCUT2D eigenvalue weighted by atomic mass is 32.2. The van der Waals surface area contributed by atoms with Crippen LogP contribution in [0, 0.1) is 0 Å². The van der Waals surface area contributed by atoms with Gasteiger partial charge in [-0.25, -0.2) is 4.79 Å². The van der Waals surface area contributed by atoms with E-state index in [0.29, 0.717) is 18.6 Å². The first kappa shape index (κ1) is 28.4. The van der Waals surface area contributed by atoms with Crippen LogP contribution in [-0.2, 0) is 25.7 Å². The summed E-state index contributed by atoms with van der Waals surface area (Å²) in [5, 5.41) is 10.8. The molecule has 1 rings (SSSR count). The Kier molecular flexibility index (Phi) is 10.7. The molecule has 1 aromatic carbocycles. The van der Waals surface area contributed by atoms with Gasteiger partial charge in [0.05, 0.1) is 17.9 Å². The lowest BCUT2D eigenvalue weighted by Crippen LogP contribution is -2.19. The SMILES string of the molecule is CC(C)(C)c1cc(C(=O)OCCCCCCCCCCS(=O)(=O)O)cc(C(C)(C)C)c1O. The molecule has 0 bridgehead atoms. The molecule has 0 unspecified atom stereocenters. The molecule has 0 amide bonds. The van der Waals surface area contributed by atoms with Gasteiger partial charge in [0, 0.05) is 11.1 Å². The number of carbonyl (C=O) groups is 1. The van der Waals surface area contributed by atoms with E-state index in [0.717, 1.165) is 56.1 Å². The Hall–Kier alpha value is -1.60. The zero-order valence-electron chi connectivity index (χ0n) is 20.7. The van der Waals surface area contributed by atoms with Gasteiger partial charge in [-0.1, -0.05) is 80.1 Å². The first-order valence-electron chi connectivity index (χ1n) is 11.6. The highest BCUT2D eigenvalue weighted by Crippen LogP contribution is 2.39. The van der Waals surface area contributed by atoms with Crippen molar-refractivity contribution in [2.24, 2.45) is 0 Å². The highest BCUT2D eigenvalue weighted by Gasteiger charge is 2.28. The summed E-state index contributed by atoms with van der Waals surface area (Å²) < 4.78 is 35.5. The van der Waals surface area contributed by atoms with Crippen molar-refractivity contribution < 1.29 is 27.6 Å². The van der Waals surface area contributed by atoms with Crippen LogP contribution in [0.25, 0.3) is 0 Å². The lowest BCUT2D eigenvalue weighted by Gasteiger charge is -2.28. The van der Waals surface area contributed by atoms with Gasteiger partial charge in [-0.3, -0.25) is 4.55 Å². The number of phenolic OH excluding ortho intramolecular Hbond substituents is 1. The molecule has 0 fully saturated rings. The van der Waals surface area contributed by atoms with Crippen LogP contribution in [0.1, 0.15) is 114 Å². The monoisotopic (exact) mass is 470 g/mol. The normalized spacial score (nSPS) is 12.7. The third-order valence-corrected chi connectivity index (χ3v) is 6.30. The zero-order chi connectivity index (χ0) is 24.6. The van der Waals surface area contributed by atoms with Crippen molar-refractivity contribution in [3.8, 4) is 5.75 Å². The predicted molar refractivity (Wildman–Crippen MR) is 129 cm³/mol. The van der Waals surface area contributed by atoms with Crippen LogP contribution in [0.4, 0.5) is 0 Å². The molecule has 184 valence electrons. The number of aromatic hydroxyl groups is 1. The second-order valence-corrected chi connectivity index (χ2v) is 12.2. The minimum atomic E-state index is -3.83. The number of rotatable bonds is 12. The number of hydrogen-bond acceptors (Lipinski definition) is 5. The molecule has 32 heavy (non-hydrogen) atoms. The summed E-state index contributed by atoms with van der Waals surface area (Å²) in [6.45, 7) is 12.4. The Bertz CT molecular complexity index is 809. The fourth-order valence-corrected chi connectivity index (χ4v) is 4.16. The van der Waals surface area contributed by atoms with E-state index in [4.69, 9.17) is 9.29 Å². The maximum absolute atomic E-state index is 12.7. The average Bonchev–Trinajstić information content (AvgIpc) is 2.63. The largest absolute Gasteiger partial charge is 0.507 e. The van der Waals surface area contributed by atoms with Crippen LogP contribution in [0.3, 0.4) is 0 Å². The molecule has 0 atom stereocenters. The summed E-state index contributed by atoms with van der Waals surface area (Å²) in [5.74, 6) is -0.271. The van der Waals surface area contributed by atoms with Gasteiger partial charge in [-0.05, 0) is 35.8 Å². The maximum atomic E-state index is 12.7. The number of carbonyl (C=O) groups excluding carboxylic acids is 1. The summed E-state index contributed by atoms with van der Waals surface area (Å²) in [4.78, 5) is 12.7. The van der Waals surface area contributed by atoms with Crippen molar-refractivity contribution in [1.82, 2.24) is 0 Å². The van der Waals surface area contributed by atoms with Crippen molar-refractivity contribution in [1.29, 1.82) is 0 Å². The van der Waals surface area contributed by atoms with Gasteiger partial charge in [0.25, 0.3) is 10.1 Å². The summed E-state index contributed by atoms with van der Waals surface area (Å²) in [5.41, 5.74) is 1.36. The molecule has 1 aromatic rings. The van der Waals surface area contributed by atoms with E-state index in [1.807, 2.05) is 41.5 Å². The predicted octanol–water partition coefficient (Wildman–Crippen LogP) is 6.15. The van der Waals surface area contributed by atoms with E-state index in [1.54, 1.807) is 12.1 Å². The molecule has 2 N–H and O–H groups in total. The van der Waals surface area contributed by atoms with Crippen molar-refractivity contribution in [3.05, 3.63) is 28.8 Å². The molecule has 0 spiro atoms. The van der Waals surface area contributed by atoms with Gasteiger partial charge in [0.15, 0.2) is 0 Å². The van der Waals surface area contributed by atoms with Crippen molar-refractivity contribution in [2.75, 3.05) is 12.4 Å². The van der Waals surface area contributed by atoms with Crippen LogP contribution >= 0.6 is 0 Å². The van der Waals surface area contributed by atoms with Crippen molar-refractivity contribution >= 4 is 16.1 Å². The lowest BCUT2D eigenvalue weighted by molar-refractivity contribution is 0.0497. The third-order valence-electron chi connectivity index (χ3n) is 5.49. The van der Waals surface area contributed by atoms with E-state index < -0.39 is 10.1 Å². The molecular weight excluding hydrogens is 428 g/mol. The van der Waals surface area contributed by atoms with Crippen LogP contribution in [0.2, 0.25) is 0 Å². The van der Waals surface area contributed by atoms with Crippen LogP contribution < -0.4 is 0 Å². The molecule has 6 nitrogen and oxygen atoms in total.